The number of methoxy groups -OCH3 is 2. The Morgan fingerprint density at radius 3 is 1.26 bits per heavy atom. The number of fused-ring (bicyclic) bond motifs is 2. The van der Waals surface area contributed by atoms with E-state index in [1.807, 2.05) is 118 Å². The van der Waals surface area contributed by atoms with Crippen LogP contribution in [0.3, 0.4) is 0 Å². The van der Waals surface area contributed by atoms with E-state index in [9.17, 15) is 16.8 Å². The lowest BCUT2D eigenvalue weighted by Gasteiger charge is -2.36. The van der Waals surface area contributed by atoms with Gasteiger partial charge in [0.15, 0.2) is 11.6 Å². The van der Waals surface area contributed by atoms with Crippen LogP contribution >= 0.6 is 0 Å². The first-order valence-corrected chi connectivity index (χ1v) is 30.5. The number of sulfonamides is 2. The Morgan fingerprint density at radius 1 is 0.500 bits per heavy atom. The van der Waals surface area contributed by atoms with Crippen LogP contribution in [-0.4, -0.2) is 114 Å². The fraction of sp³-hybridized carbons (Fsp3) is 0.367. The number of rotatable bonds is 14. The van der Waals surface area contributed by atoms with E-state index in [-0.39, 0.29) is 0 Å². The number of ether oxygens (including phenoxy) is 2. The van der Waals surface area contributed by atoms with Gasteiger partial charge >= 0.3 is 0 Å². The van der Waals surface area contributed by atoms with Gasteiger partial charge < -0.3 is 18.6 Å². The van der Waals surface area contributed by atoms with Crippen molar-refractivity contribution >= 4 is 44.4 Å². The monoisotopic (exact) mass is 1120 g/mol. The van der Waals surface area contributed by atoms with Crippen LogP contribution in [0.1, 0.15) is 109 Å². The first-order chi connectivity index (χ1) is 38.8. The van der Waals surface area contributed by atoms with Crippen molar-refractivity contribution in [2.24, 2.45) is 11.8 Å². The first-order valence-electron chi connectivity index (χ1n) is 27.6. The quantitative estimate of drug-likeness (QED) is 0.100. The Balaban J connectivity index is 0.000000169. The molecule has 80 heavy (non-hydrogen) atoms. The second kappa shape index (κ2) is 23.7. The number of aryl methyl sites for hydroxylation is 4. The van der Waals surface area contributed by atoms with Crippen LogP contribution in [0.25, 0.3) is 35.7 Å². The molecule has 0 bridgehead atoms. The zero-order valence-electron chi connectivity index (χ0n) is 45.7. The van der Waals surface area contributed by atoms with Crippen molar-refractivity contribution in [2.75, 3.05) is 40.4 Å². The molecule has 4 aromatic heterocycles. The summed E-state index contributed by atoms with van der Waals surface area (Å²) in [5, 5.41) is 9.57. The summed E-state index contributed by atoms with van der Waals surface area (Å²) in [6.45, 7) is 7.79. The molecule has 2 saturated heterocycles. The molecule has 18 nitrogen and oxygen atoms in total. The van der Waals surface area contributed by atoms with Gasteiger partial charge in [-0.1, -0.05) is 60.7 Å². The number of aromatic nitrogens is 10. The lowest BCUT2D eigenvalue weighted by Crippen LogP contribution is -2.40. The number of hydrogen-bond acceptors (Lipinski definition) is 12. The van der Waals surface area contributed by atoms with Crippen molar-refractivity contribution in [1.82, 2.24) is 57.2 Å². The Bertz CT molecular complexity index is 3480. The molecule has 0 N–H and O–H groups in total. The summed E-state index contributed by atoms with van der Waals surface area (Å²) >= 11 is 0. The fourth-order valence-electron chi connectivity index (χ4n) is 11.8. The molecule has 0 amide bonds. The van der Waals surface area contributed by atoms with Gasteiger partial charge in [0.05, 0.1) is 59.4 Å². The molecule has 0 aliphatic carbocycles. The maximum atomic E-state index is 13.1. The third-order valence-corrected chi connectivity index (χ3v) is 19.8. The van der Waals surface area contributed by atoms with Gasteiger partial charge in [0.2, 0.25) is 20.0 Å². The predicted molar refractivity (Wildman–Crippen MR) is 307 cm³/mol. The molecular formula is C60H68N12O6S2. The Kier molecular flexibility index (Phi) is 16.1. The second-order valence-corrected chi connectivity index (χ2v) is 25.0. The smallest absolute Gasteiger partial charge is 0.243 e. The summed E-state index contributed by atoms with van der Waals surface area (Å²) in [5.74, 6) is 6.34. The van der Waals surface area contributed by atoms with E-state index in [0.29, 0.717) is 71.3 Å². The van der Waals surface area contributed by atoms with Crippen LogP contribution in [-0.2, 0) is 33.1 Å². The topological polar surface area (TPSA) is 190 Å². The average molecular weight is 1120 g/mol. The normalized spacial score (nSPS) is 18.7. The lowest BCUT2D eigenvalue weighted by molar-refractivity contribution is 0.215. The minimum Gasteiger partial charge on any atom is -0.495 e. The summed E-state index contributed by atoms with van der Waals surface area (Å²) < 4.78 is 74.8. The van der Waals surface area contributed by atoms with Crippen molar-refractivity contribution in [3.05, 3.63) is 168 Å². The Morgan fingerprint density at radius 2 is 0.900 bits per heavy atom. The molecule has 2 fully saturated rings. The standard InChI is InChI=1S/2C30H34N6O3S/c2*1-22-20-34(21-31-22)27-12-10-23(19-28(27)39-2)11-13-29-32-30-26(9-6-16-36(30)33-29)24-14-17-35(18-15-24)40(37,38)25-7-4-3-5-8-25/h2*3-5,7-8,10-13,19-21,24,26H,6,9,14-18H2,1-2H3/b2*13-11+/t2*26-/m10/s1. The number of hydrogen-bond donors (Lipinski definition) is 0. The average Bonchev–Trinajstić information content (AvgIpc) is 4.39. The number of benzene rings is 4. The zero-order chi connectivity index (χ0) is 55.4. The maximum absolute atomic E-state index is 13.1. The minimum absolute atomic E-state index is 0.294. The van der Waals surface area contributed by atoms with Crippen LogP contribution in [0.2, 0.25) is 0 Å². The van der Waals surface area contributed by atoms with Crippen LogP contribution in [0.15, 0.2) is 132 Å². The van der Waals surface area contributed by atoms with Crippen molar-refractivity contribution in [1.29, 1.82) is 0 Å². The number of piperidine rings is 2. The van der Waals surface area contributed by atoms with Gasteiger partial charge in [-0.25, -0.2) is 46.1 Å². The highest BCUT2D eigenvalue weighted by molar-refractivity contribution is 7.89. The molecule has 8 aromatic rings. The summed E-state index contributed by atoms with van der Waals surface area (Å²) in [7, 11) is -3.56. The van der Waals surface area contributed by atoms with E-state index < -0.39 is 20.0 Å². The molecule has 2 atom stereocenters. The molecular weight excluding hydrogens is 1050 g/mol. The van der Waals surface area contributed by atoms with Gasteiger partial charge in [-0.2, -0.15) is 18.8 Å². The molecule has 0 radical (unpaired) electrons. The van der Waals surface area contributed by atoms with Gasteiger partial charge in [0.1, 0.15) is 23.1 Å². The molecule has 8 heterocycles. The second-order valence-electron chi connectivity index (χ2n) is 21.1. The molecule has 12 rings (SSSR count). The summed E-state index contributed by atoms with van der Waals surface area (Å²) in [4.78, 5) is 19.2. The molecule has 20 heteroatoms. The third-order valence-electron chi connectivity index (χ3n) is 16.0. The molecule has 0 spiro atoms. The van der Waals surface area contributed by atoms with E-state index in [2.05, 4.69) is 9.97 Å². The Hall–Kier alpha value is -7.52. The summed E-state index contributed by atoms with van der Waals surface area (Å²) in [6, 6.07) is 29.6. The van der Waals surface area contributed by atoms with E-state index in [4.69, 9.17) is 29.6 Å². The molecule has 4 aromatic carbocycles. The highest BCUT2D eigenvalue weighted by Crippen LogP contribution is 2.41. The largest absolute Gasteiger partial charge is 0.495 e. The summed E-state index contributed by atoms with van der Waals surface area (Å²) in [6.07, 6.45) is 23.0. The maximum Gasteiger partial charge on any atom is 0.243 e. The minimum atomic E-state index is -3.45. The Labute approximate surface area is 468 Å². The van der Waals surface area contributed by atoms with Gasteiger partial charge in [0.25, 0.3) is 0 Å². The van der Waals surface area contributed by atoms with E-state index >= 15 is 0 Å². The fourth-order valence-corrected chi connectivity index (χ4v) is 14.8. The SMILES string of the molecule is COc1cc(/C=C/c2nc3n(n2)CCC[C@@H]3C2CCN(S(=O)(=O)c3ccccc3)CC2)ccc1-n1cnc(C)c1.COc1cc(/C=C/c2nc3n(n2)CCC[C@H]3C2CCN(S(=O)(=O)c3ccccc3)CC2)ccc1-n1cnc(C)c1. The van der Waals surface area contributed by atoms with Crippen molar-refractivity contribution < 1.29 is 26.3 Å². The predicted octanol–water partition coefficient (Wildman–Crippen LogP) is 9.86. The van der Waals surface area contributed by atoms with E-state index in [1.54, 1.807) is 84.0 Å². The highest BCUT2D eigenvalue weighted by atomic mass is 32.2. The summed E-state index contributed by atoms with van der Waals surface area (Å²) in [5.41, 5.74) is 5.74. The lowest BCUT2D eigenvalue weighted by atomic mass is 9.80. The van der Waals surface area contributed by atoms with Crippen LogP contribution < -0.4 is 9.47 Å². The van der Waals surface area contributed by atoms with Crippen LogP contribution in [0.5, 0.6) is 11.5 Å². The number of nitrogens with zero attached hydrogens (tertiary/aromatic N) is 12. The molecule has 0 unspecified atom stereocenters. The molecule has 4 aliphatic rings. The first kappa shape index (κ1) is 54.4. The van der Waals surface area contributed by atoms with Gasteiger partial charge in [-0.15, -0.1) is 0 Å². The highest BCUT2D eigenvalue weighted by Gasteiger charge is 2.38. The van der Waals surface area contributed by atoms with Crippen LogP contribution in [0.4, 0.5) is 0 Å². The number of imidazole rings is 2. The van der Waals surface area contributed by atoms with Crippen molar-refractivity contribution in [3.8, 4) is 22.9 Å². The zero-order valence-corrected chi connectivity index (χ0v) is 47.3. The third kappa shape index (κ3) is 11.7. The van der Waals surface area contributed by atoms with E-state index in [1.165, 1.54) is 0 Å². The van der Waals surface area contributed by atoms with Gasteiger partial charge in [-0.3, -0.25) is 0 Å². The van der Waals surface area contributed by atoms with E-state index in [0.717, 1.165) is 121 Å². The van der Waals surface area contributed by atoms with Gasteiger partial charge in [0, 0.05) is 63.5 Å². The molecule has 0 saturated carbocycles. The molecule has 4 aliphatic heterocycles. The van der Waals surface area contributed by atoms with Crippen molar-refractivity contribution in [2.45, 2.75) is 99.9 Å². The van der Waals surface area contributed by atoms with Crippen molar-refractivity contribution in [3.63, 3.8) is 0 Å². The van der Waals surface area contributed by atoms with Gasteiger partial charge in [-0.05, 0) is 149 Å². The van der Waals surface area contributed by atoms with Crippen LogP contribution in [0, 0.1) is 25.7 Å². The molecule has 416 valence electrons.